The Morgan fingerprint density at radius 3 is 2.66 bits per heavy atom. The first-order valence-corrected chi connectivity index (χ1v) is 11.6. The minimum absolute atomic E-state index is 0.0994. The van der Waals surface area contributed by atoms with Crippen molar-refractivity contribution in [1.82, 2.24) is 15.0 Å². The van der Waals surface area contributed by atoms with Gasteiger partial charge in [0.15, 0.2) is 11.6 Å². The number of hydrogen-bond donors (Lipinski definition) is 1. The van der Waals surface area contributed by atoms with Crippen molar-refractivity contribution in [3.05, 3.63) is 23.4 Å². The molecule has 9 nitrogen and oxygen atoms in total. The van der Waals surface area contributed by atoms with Crippen LogP contribution in [0.2, 0.25) is 5.15 Å². The Kier molecular flexibility index (Phi) is 5.60. The third-order valence-electron chi connectivity index (χ3n) is 4.93. The standard InChI is InChI=1S/C18H23ClN6O3S/c1-11-8-27-4-3-25(11)17-7-16(24-29(2,26)13-9-28-10-13)22-18(23-17)12-5-14(19)21-15(20)6-12/h5-7,11,13H,3-4,8-10H2,1-2H3,(H2,20,21)/t11-,29-/m1/s1. The van der Waals surface area contributed by atoms with Gasteiger partial charge in [-0.15, -0.1) is 0 Å². The van der Waals surface area contributed by atoms with E-state index in [1.54, 1.807) is 24.5 Å². The zero-order valence-electron chi connectivity index (χ0n) is 16.2. The van der Waals surface area contributed by atoms with Crippen LogP contribution in [0.25, 0.3) is 11.4 Å². The van der Waals surface area contributed by atoms with E-state index < -0.39 is 9.73 Å². The van der Waals surface area contributed by atoms with Crippen molar-refractivity contribution < 1.29 is 13.7 Å². The molecule has 0 radical (unpaired) electrons. The van der Waals surface area contributed by atoms with E-state index in [-0.39, 0.29) is 22.3 Å². The van der Waals surface area contributed by atoms with Gasteiger partial charge in [-0.3, -0.25) is 0 Å². The fraction of sp³-hybridized carbons (Fsp3) is 0.500. The van der Waals surface area contributed by atoms with Gasteiger partial charge in [-0.25, -0.2) is 19.2 Å². The minimum Gasteiger partial charge on any atom is -0.384 e. The summed E-state index contributed by atoms with van der Waals surface area (Å²) in [6, 6.07) is 5.20. The van der Waals surface area contributed by atoms with Gasteiger partial charge >= 0.3 is 0 Å². The molecule has 11 heteroatoms. The molecular weight excluding hydrogens is 416 g/mol. The fourth-order valence-electron chi connectivity index (χ4n) is 3.19. The van der Waals surface area contributed by atoms with Crippen LogP contribution < -0.4 is 10.6 Å². The van der Waals surface area contributed by atoms with Crippen LogP contribution in [0.15, 0.2) is 22.6 Å². The van der Waals surface area contributed by atoms with Gasteiger partial charge in [-0.2, -0.15) is 4.36 Å². The number of halogens is 1. The zero-order chi connectivity index (χ0) is 20.6. The summed E-state index contributed by atoms with van der Waals surface area (Å²) < 4.78 is 28.3. The predicted octanol–water partition coefficient (Wildman–Crippen LogP) is 2.13. The topological polar surface area (TPSA) is 116 Å². The highest BCUT2D eigenvalue weighted by atomic mass is 35.5. The maximum absolute atomic E-state index is 13.1. The van der Waals surface area contributed by atoms with Gasteiger partial charge in [0.25, 0.3) is 0 Å². The van der Waals surface area contributed by atoms with E-state index in [2.05, 4.69) is 26.2 Å². The van der Waals surface area contributed by atoms with Crippen molar-refractivity contribution in [3.8, 4) is 11.4 Å². The number of pyridine rings is 1. The number of ether oxygens (including phenoxy) is 2. The van der Waals surface area contributed by atoms with Gasteiger partial charge in [0.05, 0.1) is 47.4 Å². The summed E-state index contributed by atoms with van der Waals surface area (Å²) in [7, 11) is -2.50. The van der Waals surface area contributed by atoms with E-state index in [9.17, 15) is 4.21 Å². The molecule has 2 aromatic heterocycles. The van der Waals surface area contributed by atoms with Crippen molar-refractivity contribution in [2.45, 2.75) is 18.2 Å². The highest BCUT2D eigenvalue weighted by Gasteiger charge is 2.28. The molecule has 0 aromatic carbocycles. The van der Waals surface area contributed by atoms with Gasteiger partial charge in [0, 0.05) is 24.4 Å². The molecule has 0 spiro atoms. The Morgan fingerprint density at radius 2 is 2.00 bits per heavy atom. The van der Waals surface area contributed by atoms with Gasteiger partial charge in [0.1, 0.15) is 16.8 Å². The van der Waals surface area contributed by atoms with Gasteiger partial charge in [-0.05, 0) is 19.1 Å². The third kappa shape index (κ3) is 4.45. The van der Waals surface area contributed by atoms with Crippen molar-refractivity contribution in [2.75, 3.05) is 49.9 Å². The molecule has 0 amide bonds. The van der Waals surface area contributed by atoms with Crippen LogP contribution in [-0.2, 0) is 19.2 Å². The Morgan fingerprint density at radius 1 is 1.21 bits per heavy atom. The first kappa shape index (κ1) is 20.3. The van der Waals surface area contributed by atoms with E-state index in [0.29, 0.717) is 56.0 Å². The first-order valence-electron chi connectivity index (χ1n) is 9.27. The number of hydrogen-bond acceptors (Lipinski definition) is 9. The molecule has 2 aromatic rings. The summed E-state index contributed by atoms with van der Waals surface area (Å²) in [5.74, 6) is 1.72. The van der Waals surface area contributed by atoms with Crippen LogP contribution in [-0.4, -0.2) is 69.7 Å². The molecule has 2 aliphatic heterocycles. The molecule has 0 aliphatic carbocycles. The van der Waals surface area contributed by atoms with Gasteiger partial charge < -0.3 is 20.1 Å². The van der Waals surface area contributed by atoms with E-state index in [1.165, 1.54) is 0 Å². The lowest BCUT2D eigenvalue weighted by molar-refractivity contribution is 0.0431. The maximum atomic E-state index is 13.1. The van der Waals surface area contributed by atoms with Gasteiger partial charge in [0.2, 0.25) is 0 Å². The molecule has 2 saturated heterocycles. The summed E-state index contributed by atoms with van der Waals surface area (Å²) in [6.45, 7) is 4.85. The lowest BCUT2D eigenvalue weighted by atomic mass is 10.2. The molecule has 29 heavy (non-hydrogen) atoms. The molecule has 0 unspecified atom stereocenters. The van der Waals surface area contributed by atoms with Crippen LogP contribution >= 0.6 is 11.6 Å². The Bertz CT molecular complexity index is 1020. The molecule has 2 aliphatic rings. The number of anilines is 2. The fourth-order valence-corrected chi connectivity index (χ4v) is 4.71. The Balaban J connectivity index is 1.83. The minimum atomic E-state index is -2.50. The van der Waals surface area contributed by atoms with Crippen molar-refractivity contribution >= 4 is 38.8 Å². The maximum Gasteiger partial charge on any atom is 0.167 e. The molecule has 4 heterocycles. The number of rotatable bonds is 4. The highest BCUT2D eigenvalue weighted by molar-refractivity contribution is 7.93. The van der Waals surface area contributed by atoms with Gasteiger partial charge in [-0.1, -0.05) is 11.6 Å². The summed E-state index contributed by atoms with van der Waals surface area (Å²) in [5, 5.41) is 0.149. The van der Waals surface area contributed by atoms with E-state index in [4.69, 9.17) is 31.8 Å². The van der Waals surface area contributed by atoms with Crippen LogP contribution in [0.1, 0.15) is 6.92 Å². The number of nitrogens with two attached hydrogens (primary N) is 1. The monoisotopic (exact) mass is 438 g/mol. The van der Waals surface area contributed by atoms with Crippen LogP contribution in [0.5, 0.6) is 0 Å². The second-order valence-corrected chi connectivity index (χ2v) is 10.2. The molecule has 2 fully saturated rings. The average Bonchev–Trinajstić information content (AvgIpc) is 2.58. The van der Waals surface area contributed by atoms with E-state index >= 15 is 0 Å². The molecule has 4 rings (SSSR count). The Labute approximate surface area is 174 Å². The predicted molar refractivity (Wildman–Crippen MR) is 113 cm³/mol. The molecule has 2 atom stereocenters. The number of morpholine rings is 1. The van der Waals surface area contributed by atoms with Crippen molar-refractivity contribution in [2.24, 2.45) is 4.36 Å². The normalized spacial score (nSPS) is 22.0. The SMILES string of the molecule is C[C@@H]1COCCN1c1cc(N=[S@](C)(=O)C2COC2)nc(-c2cc(N)nc(Cl)c2)n1. The van der Waals surface area contributed by atoms with Crippen LogP contribution in [0.4, 0.5) is 17.5 Å². The summed E-state index contributed by atoms with van der Waals surface area (Å²) >= 11 is 6.07. The summed E-state index contributed by atoms with van der Waals surface area (Å²) in [5.41, 5.74) is 6.47. The molecule has 0 saturated carbocycles. The molecule has 0 bridgehead atoms. The molecular formula is C18H23ClN6O3S. The average molecular weight is 439 g/mol. The lowest BCUT2D eigenvalue weighted by Gasteiger charge is -2.34. The van der Waals surface area contributed by atoms with E-state index in [1.807, 2.05) is 0 Å². The number of nitrogens with zero attached hydrogens (tertiary/aromatic N) is 5. The van der Waals surface area contributed by atoms with Crippen LogP contribution in [0, 0.1) is 0 Å². The van der Waals surface area contributed by atoms with Crippen molar-refractivity contribution in [1.29, 1.82) is 0 Å². The quantitative estimate of drug-likeness (QED) is 0.721. The Hall–Kier alpha value is -2.01. The van der Waals surface area contributed by atoms with E-state index in [0.717, 1.165) is 0 Å². The smallest absolute Gasteiger partial charge is 0.167 e. The first-order chi connectivity index (χ1) is 13.8. The number of nitrogen functional groups attached to an aromatic ring is 1. The van der Waals surface area contributed by atoms with Crippen LogP contribution in [0.3, 0.4) is 0 Å². The largest absolute Gasteiger partial charge is 0.384 e. The summed E-state index contributed by atoms with van der Waals surface area (Å²) in [4.78, 5) is 15.4. The third-order valence-corrected chi connectivity index (χ3v) is 7.19. The summed E-state index contributed by atoms with van der Waals surface area (Å²) in [6.07, 6.45) is 1.64. The zero-order valence-corrected chi connectivity index (χ0v) is 17.8. The molecule has 156 valence electrons. The highest BCUT2D eigenvalue weighted by Crippen LogP contribution is 2.29. The second kappa shape index (κ2) is 8.02. The lowest BCUT2D eigenvalue weighted by Crippen LogP contribution is -2.44. The second-order valence-electron chi connectivity index (χ2n) is 7.24. The number of aromatic nitrogens is 3. The van der Waals surface area contributed by atoms with Crippen molar-refractivity contribution in [3.63, 3.8) is 0 Å². The molecule has 2 N–H and O–H groups in total.